The molecule has 0 unspecified atom stereocenters. The molecule has 28 heavy (non-hydrogen) atoms. The highest BCUT2D eigenvalue weighted by molar-refractivity contribution is 5.74. The lowest BCUT2D eigenvalue weighted by atomic mass is 10.2. The van der Waals surface area contributed by atoms with Crippen molar-refractivity contribution in [3.63, 3.8) is 0 Å². The van der Waals surface area contributed by atoms with Crippen LogP contribution in [-0.2, 0) is 6.54 Å². The Hall–Kier alpha value is -3.04. The van der Waals surface area contributed by atoms with E-state index in [9.17, 15) is 9.18 Å². The van der Waals surface area contributed by atoms with Gasteiger partial charge < -0.3 is 21.8 Å². The van der Waals surface area contributed by atoms with Gasteiger partial charge in [0.1, 0.15) is 23.7 Å². The van der Waals surface area contributed by atoms with Gasteiger partial charge in [-0.15, -0.1) is 0 Å². The summed E-state index contributed by atoms with van der Waals surface area (Å²) in [6.07, 6.45) is 3.12. The number of aldehydes is 1. The molecule has 0 aliphatic carbocycles. The Morgan fingerprint density at radius 2 is 1.96 bits per heavy atom. The van der Waals surface area contributed by atoms with Crippen molar-refractivity contribution in [3.8, 4) is 0 Å². The third-order valence-electron chi connectivity index (χ3n) is 3.78. The summed E-state index contributed by atoms with van der Waals surface area (Å²) in [6, 6.07) is 5.37. The largest absolute Gasteiger partial charge is 0.400 e. The Morgan fingerprint density at radius 1 is 1.32 bits per heavy atom. The molecule has 0 saturated heterocycles. The second-order valence-corrected chi connectivity index (χ2v) is 5.98. The molecular weight excluding hydrogens is 361 g/mol. The number of likely N-dealkylation sites (N-methyl/N-ethyl adjacent to an activating group) is 1. The lowest BCUT2D eigenvalue weighted by molar-refractivity contribution is 0.112. The van der Waals surface area contributed by atoms with Gasteiger partial charge in [0.2, 0.25) is 0 Å². The molecule has 0 radical (unpaired) electrons. The number of rotatable bonds is 7. The maximum atomic E-state index is 12.1. The first-order valence-corrected chi connectivity index (χ1v) is 8.75. The summed E-state index contributed by atoms with van der Waals surface area (Å²) in [7, 11) is 1.84. The van der Waals surface area contributed by atoms with E-state index >= 15 is 0 Å². The molecule has 0 aliphatic heterocycles. The minimum atomic E-state index is -0.319. The molecule has 1 heterocycles. The van der Waals surface area contributed by atoms with Crippen LogP contribution in [0, 0.1) is 12.7 Å². The molecule has 2 rings (SSSR count). The summed E-state index contributed by atoms with van der Waals surface area (Å²) in [5.74, 6) is 6.83. The number of anilines is 1. The molecule has 1 aromatic heterocycles. The molecule has 1 aromatic carbocycles. The van der Waals surface area contributed by atoms with Gasteiger partial charge in [-0.1, -0.05) is 6.92 Å². The number of nitrogens with two attached hydrogens (primary N) is 3. The van der Waals surface area contributed by atoms with Crippen molar-refractivity contribution < 1.29 is 9.18 Å². The number of allylic oxidation sites excluding steroid dienone is 1. The predicted molar refractivity (Wildman–Crippen MR) is 108 cm³/mol. The average Bonchev–Trinajstić information content (AvgIpc) is 2.66. The van der Waals surface area contributed by atoms with Crippen LogP contribution in [0.3, 0.4) is 0 Å². The molecule has 0 spiro atoms. The van der Waals surface area contributed by atoms with Crippen LogP contribution in [0.2, 0.25) is 0 Å². The normalized spacial score (nSPS) is 11.2. The fourth-order valence-electron chi connectivity index (χ4n) is 2.36. The third-order valence-corrected chi connectivity index (χ3v) is 3.78. The zero-order chi connectivity index (χ0) is 21.1. The van der Waals surface area contributed by atoms with Gasteiger partial charge in [0.25, 0.3) is 0 Å². The first kappa shape index (κ1) is 23.0. The second kappa shape index (κ2) is 11.6. The summed E-state index contributed by atoms with van der Waals surface area (Å²) in [6.45, 7) is 4.83. The van der Waals surface area contributed by atoms with Gasteiger partial charge in [0.05, 0.1) is 6.54 Å². The van der Waals surface area contributed by atoms with Crippen molar-refractivity contribution in [2.24, 2.45) is 11.6 Å². The Morgan fingerprint density at radius 3 is 2.46 bits per heavy atom. The number of carbonyl (C=O) groups excluding carboxylic acids is 1. The summed E-state index contributed by atoms with van der Waals surface area (Å²) < 4.78 is 12.1. The van der Waals surface area contributed by atoms with Crippen LogP contribution in [0.15, 0.2) is 41.9 Å². The van der Waals surface area contributed by atoms with E-state index in [1.54, 1.807) is 18.1 Å². The van der Waals surface area contributed by atoms with Crippen LogP contribution in [-0.4, -0.2) is 34.9 Å². The fourth-order valence-corrected chi connectivity index (χ4v) is 2.36. The Kier molecular flexibility index (Phi) is 9.55. The molecule has 0 amide bonds. The monoisotopic (exact) mass is 389 g/mol. The quantitative estimate of drug-likeness (QED) is 0.318. The maximum Gasteiger partial charge on any atom is 0.150 e. The number of hydrazine groups is 1. The van der Waals surface area contributed by atoms with E-state index < -0.39 is 0 Å². The van der Waals surface area contributed by atoms with Crippen molar-refractivity contribution in [1.29, 1.82) is 0 Å². The Bertz CT molecular complexity index is 793. The number of aromatic nitrogens is 2. The topological polar surface area (TPSA) is 136 Å². The number of halogens is 1. The van der Waals surface area contributed by atoms with Crippen LogP contribution in [0.1, 0.15) is 35.1 Å². The molecular formula is C19H28FN7O. The van der Waals surface area contributed by atoms with Crippen LogP contribution in [0.25, 0.3) is 0 Å². The number of nitrogens with one attached hydrogen (secondary N) is 1. The standard InChI is InChI=1S/C12H23N7.C7H5FO/c1-4-11(10(13)6-16-3)19(15)7-9-5-17-8(2)18-12(9)14;8-7-3-1-6(5-9)2-4-7/h5,16H,4,6-7,13,15H2,1-3H3,(H2,14,17,18);1-5H/b11-10-;. The van der Waals surface area contributed by atoms with E-state index in [1.807, 2.05) is 14.0 Å². The van der Waals surface area contributed by atoms with Crippen LogP contribution >= 0.6 is 0 Å². The highest BCUT2D eigenvalue weighted by Gasteiger charge is 2.11. The second-order valence-electron chi connectivity index (χ2n) is 5.98. The van der Waals surface area contributed by atoms with Gasteiger partial charge in [-0.3, -0.25) is 4.79 Å². The lowest BCUT2D eigenvalue weighted by Crippen LogP contribution is -2.34. The number of hydrogen-bond acceptors (Lipinski definition) is 8. The van der Waals surface area contributed by atoms with E-state index in [0.29, 0.717) is 36.6 Å². The van der Waals surface area contributed by atoms with E-state index in [1.165, 1.54) is 24.3 Å². The molecule has 0 aliphatic rings. The van der Waals surface area contributed by atoms with Gasteiger partial charge >= 0.3 is 0 Å². The molecule has 0 fully saturated rings. The van der Waals surface area contributed by atoms with Gasteiger partial charge in [-0.2, -0.15) is 0 Å². The first-order valence-electron chi connectivity index (χ1n) is 8.75. The zero-order valence-corrected chi connectivity index (χ0v) is 16.4. The summed E-state index contributed by atoms with van der Waals surface area (Å²) in [5.41, 5.74) is 14.7. The molecule has 8 nitrogen and oxygen atoms in total. The Balaban J connectivity index is 0.000000362. The summed E-state index contributed by atoms with van der Waals surface area (Å²) in [4.78, 5) is 18.2. The smallest absolute Gasteiger partial charge is 0.150 e. The molecule has 7 N–H and O–H groups in total. The highest BCUT2D eigenvalue weighted by Crippen LogP contribution is 2.14. The van der Waals surface area contributed by atoms with E-state index in [-0.39, 0.29) is 5.82 Å². The number of aryl methyl sites for hydroxylation is 1. The minimum absolute atomic E-state index is 0.319. The lowest BCUT2D eigenvalue weighted by Gasteiger charge is -2.23. The van der Waals surface area contributed by atoms with E-state index in [4.69, 9.17) is 17.3 Å². The molecule has 0 saturated carbocycles. The number of nitrogen functional groups attached to an aromatic ring is 1. The molecule has 0 bridgehead atoms. The average molecular weight is 389 g/mol. The molecule has 9 heteroatoms. The van der Waals surface area contributed by atoms with Gasteiger partial charge in [-0.05, 0) is 44.7 Å². The first-order chi connectivity index (χ1) is 13.3. The third kappa shape index (κ3) is 7.29. The minimum Gasteiger partial charge on any atom is -0.400 e. The van der Waals surface area contributed by atoms with E-state index in [2.05, 4.69) is 15.3 Å². The van der Waals surface area contributed by atoms with Crippen molar-refractivity contribution in [1.82, 2.24) is 20.3 Å². The summed E-state index contributed by atoms with van der Waals surface area (Å²) >= 11 is 0. The summed E-state index contributed by atoms with van der Waals surface area (Å²) in [5, 5.41) is 4.60. The van der Waals surface area contributed by atoms with E-state index in [0.717, 1.165) is 23.4 Å². The van der Waals surface area contributed by atoms with Crippen molar-refractivity contribution >= 4 is 12.1 Å². The number of carbonyl (C=O) groups is 1. The maximum absolute atomic E-state index is 12.1. The molecule has 2 aromatic rings. The highest BCUT2D eigenvalue weighted by atomic mass is 19.1. The van der Waals surface area contributed by atoms with Crippen LogP contribution in [0.5, 0.6) is 0 Å². The number of benzene rings is 1. The van der Waals surface area contributed by atoms with Gasteiger partial charge in [0, 0.05) is 35.3 Å². The Labute approximate surface area is 164 Å². The number of nitrogens with zero attached hydrogens (tertiary/aromatic N) is 3. The molecule has 0 atom stereocenters. The van der Waals surface area contributed by atoms with Gasteiger partial charge in [-0.25, -0.2) is 20.2 Å². The van der Waals surface area contributed by atoms with Crippen molar-refractivity contribution in [3.05, 3.63) is 64.6 Å². The van der Waals surface area contributed by atoms with Crippen LogP contribution < -0.4 is 22.6 Å². The predicted octanol–water partition coefficient (Wildman–Crippen LogP) is 1.48. The van der Waals surface area contributed by atoms with Gasteiger partial charge in [0.15, 0.2) is 0 Å². The SMILES string of the molecule is CC/C(=C(/N)CNC)N(N)Cc1cnc(C)nc1N.O=Cc1ccc(F)cc1. The molecule has 152 valence electrons. The van der Waals surface area contributed by atoms with Crippen LogP contribution in [0.4, 0.5) is 10.2 Å². The van der Waals surface area contributed by atoms with Crippen molar-refractivity contribution in [2.45, 2.75) is 26.8 Å². The zero-order valence-electron chi connectivity index (χ0n) is 16.4. The van der Waals surface area contributed by atoms with Crippen molar-refractivity contribution in [2.75, 3.05) is 19.3 Å². The number of hydrogen-bond donors (Lipinski definition) is 4. The fraction of sp³-hybridized carbons (Fsp3) is 0.316.